The highest BCUT2D eigenvalue weighted by molar-refractivity contribution is 5.63. The monoisotopic (exact) mass is 449 g/mol. The first kappa shape index (κ1) is 21.7. The fourth-order valence-corrected chi connectivity index (χ4v) is 5.86. The van der Waals surface area contributed by atoms with Crippen molar-refractivity contribution in [3.05, 3.63) is 29.6 Å². The molecule has 0 spiro atoms. The Balaban J connectivity index is 1.38. The molecule has 2 N–H and O–H groups in total. The molecule has 0 radical (unpaired) electrons. The Kier molecular flexibility index (Phi) is 5.24. The van der Waals surface area contributed by atoms with Crippen molar-refractivity contribution in [1.29, 1.82) is 0 Å². The molecule has 3 aliphatic rings. The van der Waals surface area contributed by atoms with Gasteiger partial charge in [0, 0.05) is 48.0 Å². The van der Waals surface area contributed by atoms with Crippen LogP contribution in [0.4, 0.5) is 19.0 Å². The summed E-state index contributed by atoms with van der Waals surface area (Å²) in [5.41, 5.74) is 6.55. The molecule has 174 valence electrons. The van der Waals surface area contributed by atoms with E-state index in [9.17, 15) is 13.2 Å². The largest absolute Gasteiger partial charge is 0.419 e. The van der Waals surface area contributed by atoms with Gasteiger partial charge in [-0.25, -0.2) is 4.98 Å². The highest BCUT2D eigenvalue weighted by Gasteiger charge is 2.59. The molecule has 0 amide bonds. The van der Waals surface area contributed by atoms with Gasteiger partial charge in [-0.2, -0.15) is 18.3 Å². The number of fused-ring (bicyclic) bond motifs is 1. The third-order valence-corrected chi connectivity index (χ3v) is 7.42. The minimum Gasteiger partial charge on any atom is -0.383 e. The summed E-state index contributed by atoms with van der Waals surface area (Å²) in [5, 5.41) is 4.68. The quantitative estimate of drug-likeness (QED) is 0.752. The van der Waals surface area contributed by atoms with Gasteiger partial charge in [0.15, 0.2) is 0 Å². The van der Waals surface area contributed by atoms with Gasteiger partial charge in [0.2, 0.25) is 0 Å². The topological polar surface area (TPSA) is 69.2 Å². The van der Waals surface area contributed by atoms with E-state index in [1.807, 2.05) is 10.7 Å². The Hall–Kier alpha value is -2.13. The number of pyridine rings is 1. The van der Waals surface area contributed by atoms with Crippen molar-refractivity contribution in [2.75, 3.05) is 25.5 Å². The molecule has 0 bridgehead atoms. The average molecular weight is 450 g/mol. The van der Waals surface area contributed by atoms with Gasteiger partial charge < -0.3 is 10.5 Å². The summed E-state index contributed by atoms with van der Waals surface area (Å²) in [4.78, 5) is 6.38. The first-order chi connectivity index (χ1) is 15.1. The van der Waals surface area contributed by atoms with Gasteiger partial charge in [0.1, 0.15) is 5.82 Å². The van der Waals surface area contributed by atoms with Crippen LogP contribution in [0.1, 0.15) is 56.8 Å². The van der Waals surface area contributed by atoms with Gasteiger partial charge in [-0.3, -0.25) is 9.58 Å². The number of nitrogen functional groups attached to an aromatic ring is 1. The SMILES string of the molecule is CC(C)n1nc(-c2cnc(N)c(C(F)(F)F)c2)cc1[C@H]1[C@@H]2C[C@H](N3CCOC[C@H]3C)C[C@@H]21. The van der Waals surface area contributed by atoms with Crippen LogP contribution in [-0.2, 0) is 10.9 Å². The molecule has 5 atom stereocenters. The van der Waals surface area contributed by atoms with E-state index in [4.69, 9.17) is 10.5 Å². The zero-order valence-electron chi connectivity index (χ0n) is 18.6. The van der Waals surface area contributed by atoms with Crippen LogP contribution in [0, 0.1) is 11.8 Å². The Labute approximate surface area is 185 Å². The number of aromatic nitrogens is 3. The molecule has 1 saturated heterocycles. The number of hydrogen-bond donors (Lipinski definition) is 1. The van der Waals surface area contributed by atoms with E-state index in [0.29, 0.717) is 41.1 Å². The normalized spacial score (nSPS) is 30.7. The van der Waals surface area contributed by atoms with Crippen LogP contribution < -0.4 is 5.73 Å². The van der Waals surface area contributed by atoms with Crippen LogP contribution in [0.25, 0.3) is 11.3 Å². The van der Waals surface area contributed by atoms with Crippen molar-refractivity contribution >= 4 is 5.82 Å². The number of rotatable bonds is 4. The number of nitrogens with zero attached hydrogens (tertiary/aromatic N) is 4. The number of morpholine rings is 1. The summed E-state index contributed by atoms with van der Waals surface area (Å²) < 4.78 is 47.5. The van der Waals surface area contributed by atoms with Gasteiger partial charge in [-0.15, -0.1) is 0 Å². The zero-order valence-corrected chi connectivity index (χ0v) is 18.6. The number of hydrogen-bond acceptors (Lipinski definition) is 5. The van der Waals surface area contributed by atoms with Gasteiger partial charge in [0.05, 0.1) is 24.5 Å². The highest BCUT2D eigenvalue weighted by atomic mass is 19.4. The molecular formula is C23H30F3N5O. The lowest BCUT2D eigenvalue weighted by atomic mass is 10.0. The van der Waals surface area contributed by atoms with Crippen LogP contribution in [0.2, 0.25) is 0 Å². The van der Waals surface area contributed by atoms with Gasteiger partial charge >= 0.3 is 6.18 Å². The summed E-state index contributed by atoms with van der Waals surface area (Å²) in [5.74, 6) is 1.15. The molecule has 2 aromatic heterocycles. The third kappa shape index (κ3) is 3.69. The van der Waals surface area contributed by atoms with Crippen LogP contribution in [0.3, 0.4) is 0 Å². The van der Waals surface area contributed by atoms with E-state index >= 15 is 0 Å². The molecule has 1 aliphatic heterocycles. The number of nitrogens with two attached hydrogens (primary N) is 1. The first-order valence-corrected chi connectivity index (χ1v) is 11.4. The predicted molar refractivity (Wildman–Crippen MR) is 115 cm³/mol. The lowest BCUT2D eigenvalue weighted by Crippen LogP contribution is -2.49. The maximum Gasteiger partial charge on any atom is 0.419 e. The molecule has 3 fully saturated rings. The fourth-order valence-electron chi connectivity index (χ4n) is 5.86. The maximum absolute atomic E-state index is 13.3. The van der Waals surface area contributed by atoms with Crippen molar-refractivity contribution in [3.8, 4) is 11.3 Å². The molecule has 32 heavy (non-hydrogen) atoms. The number of anilines is 1. The molecule has 2 aromatic rings. The number of alkyl halides is 3. The smallest absolute Gasteiger partial charge is 0.383 e. The zero-order chi connectivity index (χ0) is 22.8. The van der Waals surface area contributed by atoms with E-state index in [1.54, 1.807) is 0 Å². The molecule has 0 unspecified atom stereocenters. The summed E-state index contributed by atoms with van der Waals surface area (Å²) in [6.07, 6.45) is -0.833. The number of ether oxygens (including phenoxy) is 1. The molecule has 6 nitrogen and oxygen atoms in total. The number of halogens is 3. The third-order valence-electron chi connectivity index (χ3n) is 7.42. The predicted octanol–water partition coefficient (Wildman–Crippen LogP) is 4.34. The minimum atomic E-state index is -4.55. The van der Waals surface area contributed by atoms with Crippen molar-refractivity contribution in [2.24, 2.45) is 11.8 Å². The lowest BCUT2D eigenvalue weighted by Gasteiger charge is -2.38. The van der Waals surface area contributed by atoms with Crippen molar-refractivity contribution in [2.45, 2.75) is 63.8 Å². The molecule has 5 rings (SSSR count). The van der Waals surface area contributed by atoms with Gasteiger partial charge in [0.25, 0.3) is 0 Å². The van der Waals surface area contributed by atoms with E-state index in [0.717, 1.165) is 31.5 Å². The second-order valence-corrected chi connectivity index (χ2v) is 9.79. The van der Waals surface area contributed by atoms with Crippen LogP contribution in [0.15, 0.2) is 18.3 Å². The molecule has 2 saturated carbocycles. The Morgan fingerprint density at radius 3 is 2.53 bits per heavy atom. The summed E-state index contributed by atoms with van der Waals surface area (Å²) in [7, 11) is 0. The van der Waals surface area contributed by atoms with Crippen LogP contribution in [0.5, 0.6) is 0 Å². The fraction of sp³-hybridized carbons (Fsp3) is 0.652. The molecule has 2 aliphatic carbocycles. The van der Waals surface area contributed by atoms with Crippen molar-refractivity contribution in [3.63, 3.8) is 0 Å². The molecule has 9 heteroatoms. The minimum absolute atomic E-state index is 0.124. The summed E-state index contributed by atoms with van der Waals surface area (Å²) in [6.45, 7) is 8.94. The van der Waals surface area contributed by atoms with E-state index < -0.39 is 17.6 Å². The molecular weight excluding hydrogens is 419 g/mol. The summed E-state index contributed by atoms with van der Waals surface area (Å²) in [6, 6.07) is 4.20. The Bertz CT molecular complexity index is 992. The second-order valence-electron chi connectivity index (χ2n) is 9.79. The van der Waals surface area contributed by atoms with Gasteiger partial charge in [-0.05, 0) is 57.6 Å². The van der Waals surface area contributed by atoms with Crippen LogP contribution >= 0.6 is 0 Å². The summed E-state index contributed by atoms with van der Waals surface area (Å²) >= 11 is 0. The van der Waals surface area contributed by atoms with Crippen molar-refractivity contribution < 1.29 is 17.9 Å². The van der Waals surface area contributed by atoms with E-state index in [-0.39, 0.29) is 6.04 Å². The molecule has 0 aromatic carbocycles. The van der Waals surface area contributed by atoms with E-state index in [1.165, 1.54) is 19.0 Å². The maximum atomic E-state index is 13.3. The highest BCUT2D eigenvalue weighted by Crippen LogP contribution is 2.64. The average Bonchev–Trinajstić information content (AvgIpc) is 3.07. The van der Waals surface area contributed by atoms with Crippen molar-refractivity contribution in [1.82, 2.24) is 19.7 Å². The molecule has 3 heterocycles. The Morgan fingerprint density at radius 1 is 1.19 bits per heavy atom. The standard InChI is InChI=1S/C23H30F3N5O/c1-12(2)31-20(9-19(29-31)14-6-18(23(24,25)26)22(27)28-10-14)21-16-7-15(8-17(16)21)30-4-5-32-11-13(30)3/h6,9-10,12-13,15-17,21H,4-5,7-8,11H2,1-3H3,(H2,27,28)/t13-,15-,16+,17-,21-/m1/s1. The van der Waals surface area contributed by atoms with Crippen LogP contribution in [-0.4, -0.2) is 51.5 Å². The van der Waals surface area contributed by atoms with E-state index in [2.05, 4.69) is 35.8 Å². The second kappa shape index (κ2) is 7.73. The first-order valence-electron chi connectivity index (χ1n) is 11.4. The van der Waals surface area contributed by atoms with Gasteiger partial charge in [-0.1, -0.05) is 0 Å². The lowest BCUT2D eigenvalue weighted by molar-refractivity contribution is -0.137. The Morgan fingerprint density at radius 2 is 1.91 bits per heavy atom.